The Morgan fingerprint density at radius 3 is 2.88 bits per heavy atom. The minimum absolute atomic E-state index is 0.444. The van der Waals surface area contributed by atoms with E-state index in [1.807, 2.05) is 0 Å². The summed E-state index contributed by atoms with van der Waals surface area (Å²) >= 11 is 0. The van der Waals surface area contributed by atoms with Gasteiger partial charge in [-0.15, -0.1) is 0 Å². The fourth-order valence-corrected chi connectivity index (χ4v) is 4.16. The minimum Gasteiger partial charge on any atom is -0.355 e. The summed E-state index contributed by atoms with van der Waals surface area (Å²) in [6, 6.07) is 5.74. The molecule has 1 aromatic rings. The number of H-pyrrole nitrogens is 1. The normalized spacial score (nSPS) is 31.2. The number of rotatable bonds is 0. The van der Waals surface area contributed by atoms with Gasteiger partial charge in [0, 0.05) is 28.5 Å². The highest BCUT2D eigenvalue weighted by atomic mass is 15.0. The van der Waals surface area contributed by atoms with Crippen molar-refractivity contribution < 1.29 is 0 Å². The zero-order valence-corrected chi connectivity index (χ0v) is 13.7. The van der Waals surface area contributed by atoms with Crippen molar-refractivity contribution in [2.75, 3.05) is 0 Å². The molecule has 0 aliphatic carbocycles. The van der Waals surface area contributed by atoms with E-state index in [4.69, 9.17) is 9.98 Å². The molecule has 8 bridgehead atoms. The number of allylic oxidation sites excluding steroid dienone is 2. The topological polar surface area (TPSA) is 52.5 Å². The van der Waals surface area contributed by atoms with Gasteiger partial charge in [-0.1, -0.05) is 0 Å². The molecule has 3 atom stereocenters. The summed E-state index contributed by atoms with van der Waals surface area (Å²) in [5.74, 6) is 0. The maximum Gasteiger partial charge on any atom is 0.0658 e. The Kier molecular flexibility index (Phi) is 3.37. The molecule has 5 heterocycles. The molecule has 3 unspecified atom stereocenters. The van der Waals surface area contributed by atoms with Crippen LogP contribution in [0.4, 0.5) is 0 Å². The molecule has 0 amide bonds. The monoisotopic (exact) mass is 318 g/mol. The Hall–Kier alpha value is -2.20. The molecule has 0 spiro atoms. The summed E-state index contributed by atoms with van der Waals surface area (Å²) in [5.41, 5.74) is 3.32. The van der Waals surface area contributed by atoms with Crippen LogP contribution in [-0.4, -0.2) is 34.5 Å². The van der Waals surface area contributed by atoms with E-state index in [0.29, 0.717) is 18.1 Å². The first-order chi connectivity index (χ1) is 11.8. The van der Waals surface area contributed by atoms with Crippen molar-refractivity contribution in [2.45, 2.75) is 50.2 Å². The zero-order valence-electron chi connectivity index (χ0n) is 13.7. The van der Waals surface area contributed by atoms with Gasteiger partial charge in [0.05, 0.1) is 17.5 Å². The molecule has 24 heavy (non-hydrogen) atoms. The van der Waals surface area contributed by atoms with Gasteiger partial charge < -0.3 is 10.3 Å². The zero-order chi connectivity index (χ0) is 15.9. The molecule has 4 heteroatoms. The molecule has 0 radical (unpaired) electrons. The largest absolute Gasteiger partial charge is 0.355 e. The van der Waals surface area contributed by atoms with Gasteiger partial charge in [-0.3, -0.25) is 4.99 Å². The standard InChI is InChI=1S/C20H22N4/c1-2-14-10-16-5-6-18(23-16)12-20-8-7-19(24-20)11-17-4-3-15(22-17)9-13(1)21-14/h1-4,9-11,16,18,20,22-23H,5-8,12H2. The highest BCUT2D eigenvalue weighted by Crippen LogP contribution is 2.25. The molecule has 1 aromatic heterocycles. The van der Waals surface area contributed by atoms with E-state index in [-0.39, 0.29) is 0 Å². The van der Waals surface area contributed by atoms with E-state index in [1.54, 1.807) is 0 Å². The summed E-state index contributed by atoms with van der Waals surface area (Å²) in [5, 5.41) is 5.98. The summed E-state index contributed by atoms with van der Waals surface area (Å²) in [6.45, 7) is 0. The van der Waals surface area contributed by atoms with Crippen molar-refractivity contribution in [3.05, 3.63) is 46.8 Å². The third-order valence-corrected chi connectivity index (χ3v) is 5.33. The Bertz CT molecular complexity index is 896. The van der Waals surface area contributed by atoms with Gasteiger partial charge in [0.25, 0.3) is 0 Å². The average molecular weight is 318 g/mol. The van der Waals surface area contributed by atoms with Gasteiger partial charge in [0.2, 0.25) is 0 Å². The van der Waals surface area contributed by atoms with Crippen LogP contribution in [-0.2, 0) is 0 Å². The SMILES string of the molecule is C1=CC2=NC1=CC1CCC(CC3CCC(=N3)C=c3ccc([nH]3)=C2)N1. The van der Waals surface area contributed by atoms with Crippen molar-refractivity contribution in [3.63, 3.8) is 0 Å². The first kappa shape index (κ1) is 14.2. The molecule has 5 rings (SSSR count). The molecule has 1 fully saturated rings. The van der Waals surface area contributed by atoms with Crippen LogP contribution in [0, 0.1) is 0 Å². The quantitative estimate of drug-likeness (QED) is 0.750. The van der Waals surface area contributed by atoms with Crippen molar-refractivity contribution in [2.24, 2.45) is 9.98 Å². The summed E-state index contributed by atoms with van der Waals surface area (Å²) < 4.78 is 0. The van der Waals surface area contributed by atoms with E-state index in [0.717, 1.165) is 34.9 Å². The Morgan fingerprint density at radius 2 is 1.92 bits per heavy atom. The molecule has 0 aromatic carbocycles. The number of hydrogen-bond donors (Lipinski definition) is 2. The van der Waals surface area contributed by atoms with Crippen molar-refractivity contribution in [3.8, 4) is 0 Å². The minimum atomic E-state index is 0.444. The second-order valence-corrected chi connectivity index (χ2v) is 7.22. The van der Waals surface area contributed by atoms with Crippen LogP contribution in [0.2, 0.25) is 0 Å². The van der Waals surface area contributed by atoms with E-state index in [9.17, 15) is 0 Å². The number of aromatic amines is 1. The smallest absolute Gasteiger partial charge is 0.0658 e. The van der Waals surface area contributed by atoms with Crippen molar-refractivity contribution in [1.82, 2.24) is 10.3 Å². The number of fused-ring (bicyclic) bond motifs is 6. The second-order valence-electron chi connectivity index (χ2n) is 7.22. The lowest BCUT2D eigenvalue weighted by Crippen LogP contribution is -2.30. The molecule has 4 aliphatic rings. The van der Waals surface area contributed by atoms with E-state index < -0.39 is 0 Å². The lowest BCUT2D eigenvalue weighted by Gasteiger charge is -2.15. The number of nitrogens with one attached hydrogen (secondary N) is 2. The summed E-state index contributed by atoms with van der Waals surface area (Å²) in [7, 11) is 0. The fourth-order valence-electron chi connectivity index (χ4n) is 4.16. The first-order valence-electron chi connectivity index (χ1n) is 9.00. The van der Waals surface area contributed by atoms with Gasteiger partial charge in [0.1, 0.15) is 0 Å². The number of nitrogens with zero attached hydrogens (tertiary/aromatic N) is 2. The van der Waals surface area contributed by atoms with E-state index >= 15 is 0 Å². The lowest BCUT2D eigenvalue weighted by molar-refractivity contribution is 0.478. The average Bonchev–Trinajstić information content (AvgIpc) is 3.32. The third-order valence-electron chi connectivity index (χ3n) is 5.33. The maximum absolute atomic E-state index is 4.95. The second kappa shape index (κ2) is 5.71. The maximum atomic E-state index is 4.95. The van der Waals surface area contributed by atoms with Crippen LogP contribution >= 0.6 is 0 Å². The van der Waals surface area contributed by atoms with Crippen LogP contribution < -0.4 is 16.0 Å². The molecular formula is C20H22N4. The molecule has 4 nitrogen and oxygen atoms in total. The van der Waals surface area contributed by atoms with Crippen LogP contribution in [0.25, 0.3) is 12.2 Å². The highest BCUT2D eigenvalue weighted by Gasteiger charge is 2.27. The number of hydrogen-bond acceptors (Lipinski definition) is 3. The Labute approximate surface area is 141 Å². The van der Waals surface area contributed by atoms with Gasteiger partial charge >= 0.3 is 0 Å². The highest BCUT2D eigenvalue weighted by molar-refractivity contribution is 6.19. The van der Waals surface area contributed by atoms with Crippen molar-refractivity contribution >= 4 is 23.6 Å². The Balaban J connectivity index is 1.57. The Morgan fingerprint density at radius 1 is 1.00 bits per heavy atom. The molecule has 0 saturated carbocycles. The predicted molar refractivity (Wildman–Crippen MR) is 98.7 cm³/mol. The molecule has 2 N–H and O–H groups in total. The summed E-state index contributed by atoms with van der Waals surface area (Å²) in [6.07, 6.45) is 16.7. The van der Waals surface area contributed by atoms with Crippen molar-refractivity contribution in [1.29, 1.82) is 0 Å². The molecular weight excluding hydrogens is 296 g/mol. The van der Waals surface area contributed by atoms with E-state index in [2.05, 4.69) is 52.8 Å². The molecule has 122 valence electrons. The molecule has 4 aliphatic heterocycles. The van der Waals surface area contributed by atoms with E-state index in [1.165, 1.54) is 25.0 Å². The van der Waals surface area contributed by atoms with Gasteiger partial charge in [-0.25, -0.2) is 4.99 Å². The predicted octanol–water partition coefficient (Wildman–Crippen LogP) is 1.60. The van der Waals surface area contributed by atoms with Gasteiger partial charge in [-0.05, 0) is 74.6 Å². The van der Waals surface area contributed by atoms with Crippen LogP contribution in [0.3, 0.4) is 0 Å². The van der Waals surface area contributed by atoms with Gasteiger partial charge in [0.15, 0.2) is 0 Å². The number of aliphatic imine (C=N–C) groups is 2. The third kappa shape index (κ3) is 2.82. The van der Waals surface area contributed by atoms with Crippen LogP contribution in [0.1, 0.15) is 32.1 Å². The first-order valence-corrected chi connectivity index (χ1v) is 9.00. The van der Waals surface area contributed by atoms with Gasteiger partial charge in [-0.2, -0.15) is 0 Å². The summed E-state index contributed by atoms with van der Waals surface area (Å²) in [4.78, 5) is 13.1. The fraction of sp³-hybridized carbons (Fsp3) is 0.400. The molecule has 1 saturated heterocycles. The van der Waals surface area contributed by atoms with Crippen LogP contribution in [0.15, 0.2) is 46.0 Å². The van der Waals surface area contributed by atoms with Crippen LogP contribution in [0.5, 0.6) is 0 Å². The lowest BCUT2D eigenvalue weighted by atomic mass is 10.0. The number of aromatic nitrogens is 1.